The molecule has 3 aromatic heterocycles. The molecular formula is C29H27ClFN5O4. The molecule has 0 bridgehead atoms. The summed E-state index contributed by atoms with van der Waals surface area (Å²) in [6.07, 6.45) is 2.76. The predicted molar refractivity (Wildman–Crippen MR) is 150 cm³/mol. The molecule has 4 aromatic rings. The Morgan fingerprint density at radius 1 is 1.23 bits per heavy atom. The normalized spacial score (nSPS) is 14.4. The first kappa shape index (κ1) is 27.4. The minimum absolute atomic E-state index is 0.0481. The first-order valence-electron chi connectivity index (χ1n) is 12.7. The fourth-order valence-corrected chi connectivity index (χ4v) is 5.33. The second-order valence-electron chi connectivity index (χ2n) is 10.3. The van der Waals surface area contributed by atoms with E-state index in [2.05, 4.69) is 16.5 Å². The molecule has 1 aromatic carbocycles. The zero-order valence-electron chi connectivity index (χ0n) is 22.2. The third kappa shape index (κ3) is 4.52. The van der Waals surface area contributed by atoms with Crippen molar-refractivity contribution in [2.75, 3.05) is 13.1 Å². The lowest BCUT2D eigenvalue weighted by molar-refractivity contribution is -0.152. The van der Waals surface area contributed by atoms with Gasteiger partial charge in [-0.25, -0.2) is 9.37 Å². The highest BCUT2D eigenvalue weighted by Crippen LogP contribution is 2.33. The van der Waals surface area contributed by atoms with E-state index in [4.69, 9.17) is 11.6 Å². The van der Waals surface area contributed by atoms with Gasteiger partial charge in [0.05, 0.1) is 47.2 Å². The fourth-order valence-electron chi connectivity index (χ4n) is 5.08. The second-order valence-corrected chi connectivity index (χ2v) is 10.7. The number of rotatable bonds is 6. The highest BCUT2D eigenvalue weighted by Gasteiger charge is 2.44. The number of carbonyl (C=O) groups excluding carboxylic acids is 1. The SMILES string of the molecule is C=CC(=O)N1CC(O)(Cn2c(=O)c(=O)n(-c3c(C)ccnc3C(C)C)c3nc(-c4ccccc4F)c(Cl)cc32)C1. The Bertz CT molecular complexity index is 1810. The van der Waals surface area contributed by atoms with Crippen LogP contribution in [-0.4, -0.2) is 53.7 Å². The smallest absolute Gasteiger partial charge is 0.322 e. The van der Waals surface area contributed by atoms with Gasteiger partial charge in [0.1, 0.15) is 11.4 Å². The van der Waals surface area contributed by atoms with Gasteiger partial charge in [-0.2, -0.15) is 0 Å². The van der Waals surface area contributed by atoms with Crippen LogP contribution in [0.1, 0.15) is 31.0 Å². The maximum atomic E-state index is 14.8. The van der Waals surface area contributed by atoms with Gasteiger partial charge >= 0.3 is 11.1 Å². The van der Waals surface area contributed by atoms with Crippen molar-refractivity contribution in [1.82, 2.24) is 24.0 Å². The van der Waals surface area contributed by atoms with E-state index in [9.17, 15) is 23.9 Å². The topological polar surface area (TPSA) is 110 Å². The summed E-state index contributed by atoms with van der Waals surface area (Å²) >= 11 is 6.62. The van der Waals surface area contributed by atoms with E-state index in [0.29, 0.717) is 16.9 Å². The van der Waals surface area contributed by atoms with Gasteiger partial charge in [-0.1, -0.05) is 44.2 Å². The highest BCUT2D eigenvalue weighted by atomic mass is 35.5. The number of benzene rings is 1. The summed E-state index contributed by atoms with van der Waals surface area (Å²) in [5.74, 6) is -1.03. The van der Waals surface area contributed by atoms with Crippen molar-refractivity contribution >= 4 is 28.7 Å². The van der Waals surface area contributed by atoms with E-state index in [1.165, 1.54) is 33.7 Å². The van der Waals surface area contributed by atoms with Gasteiger partial charge < -0.3 is 10.0 Å². The highest BCUT2D eigenvalue weighted by molar-refractivity contribution is 6.33. The van der Waals surface area contributed by atoms with Gasteiger partial charge in [0.2, 0.25) is 5.91 Å². The maximum absolute atomic E-state index is 14.8. The molecule has 0 atom stereocenters. The van der Waals surface area contributed by atoms with E-state index in [1.807, 2.05) is 13.8 Å². The molecule has 0 unspecified atom stereocenters. The van der Waals surface area contributed by atoms with Crippen molar-refractivity contribution in [3.05, 3.63) is 98.1 Å². The summed E-state index contributed by atoms with van der Waals surface area (Å²) in [6, 6.07) is 9.13. The zero-order chi connectivity index (χ0) is 28.9. The fraction of sp³-hybridized carbons (Fsp3) is 0.276. The first-order chi connectivity index (χ1) is 19.0. The van der Waals surface area contributed by atoms with Gasteiger partial charge in [-0.15, -0.1) is 0 Å². The van der Waals surface area contributed by atoms with Crippen LogP contribution >= 0.6 is 11.6 Å². The van der Waals surface area contributed by atoms with Crippen LogP contribution in [0.25, 0.3) is 28.1 Å². The Morgan fingerprint density at radius 2 is 1.93 bits per heavy atom. The number of aromatic nitrogens is 4. The molecule has 1 N–H and O–H groups in total. The number of aryl methyl sites for hydroxylation is 1. The van der Waals surface area contributed by atoms with Gasteiger partial charge in [-0.05, 0) is 48.7 Å². The number of likely N-dealkylation sites (tertiary alicyclic amines) is 1. The largest absolute Gasteiger partial charge is 0.384 e. The van der Waals surface area contributed by atoms with Gasteiger partial charge in [0.15, 0.2) is 5.65 Å². The van der Waals surface area contributed by atoms with Crippen molar-refractivity contribution in [2.24, 2.45) is 0 Å². The Morgan fingerprint density at radius 3 is 2.58 bits per heavy atom. The molecule has 5 rings (SSSR count). The van der Waals surface area contributed by atoms with Crippen LogP contribution in [-0.2, 0) is 11.3 Å². The third-order valence-corrected chi connectivity index (χ3v) is 7.32. The molecular weight excluding hydrogens is 537 g/mol. The standard InChI is InChI=1S/C29H27ClFN5O4/c1-5-22(37)34-13-29(40,14-34)15-35-21-12-19(30)24(18-8-6-7-9-20(18)31)33-26(21)36(28(39)27(35)38)25-17(4)10-11-32-23(25)16(2)3/h5-12,16,40H,1,13-15H2,2-4H3. The monoisotopic (exact) mass is 563 g/mol. The Hall–Kier alpha value is -4.15. The molecule has 1 fully saturated rings. The van der Waals surface area contributed by atoms with Crippen LogP contribution in [0.2, 0.25) is 5.02 Å². The van der Waals surface area contributed by atoms with Gasteiger partial charge in [-0.3, -0.25) is 28.5 Å². The molecule has 4 heterocycles. The number of β-amino-alcohol motifs (C(OH)–C–C–N with tert-alkyl or cyclic N) is 1. The molecule has 0 aliphatic carbocycles. The van der Waals surface area contributed by atoms with Crippen molar-refractivity contribution < 1.29 is 14.3 Å². The summed E-state index contributed by atoms with van der Waals surface area (Å²) in [6.45, 7) is 8.67. The van der Waals surface area contributed by atoms with Crippen LogP contribution in [0, 0.1) is 12.7 Å². The number of fused-ring (bicyclic) bond motifs is 1. The lowest BCUT2D eigenvalue weighted by atomic mass is 9.93. The van der Waals surface area contributed by atoms with E-state index in [0.717, 1.165) is 10.6 Å². The van der Waals surface area contributed by atoms with Crippen LogP contribution in [0.3, 0.4) is 0 Å². The number of halogens is 2. The number of pyridine rings is 2. The van der Waals surface area contributed by atoms with Crippen molar-refractivity contribution in [2.45, 2.75) is 38.8 Å². The number of nitrogens with zero attached hydrogens (tertiary/aromatic N) is 5. The first-order valence-corrected chi connectivity index (χ1v) is 13.0. The molecule has 40 heavy (non-hydrogen) atoms. The maximum Gasteiger partial charge on any atom is 0.322 e. The minimum Gasteiger partial charge on any atom is -0.384 e. The van der Waals surface area contributed by atoms with Crippen molar-refractivity contribution in [3.8, 4) is 16.9 Å². The Kier molecular flexibility index (Phi) is 6.93. The molecule has 1 aliphatic rings. The summed E-state index contributed by atoms with van der Waals surface area (Å²) in [5.41, 5.74) is -1.24. The molecule has 1 saturated heterocycles. The average Bonchev–Trinajstić information content (AvgIpc) is 2.90. The Labute approximate surface area is 233 Å². The number of carbonyl (C=O) groups is 1. The number of hydrogen-bond donors (Lipinski definition) is 1. The van der Waals surface area contributed by atoms with Crippen molar-refractivity contribution in [1.29, 1.82) is 0 Å². The molecule has 11 heteroatoms. The van der Waals surface area contributed by atoms with E-state index >= 15 is 0 Å². The summed E-state index contributed by atoms with van der Waals surface area (Å²) in [7, 11) is 0. The summed E-state index contributed by atoms with van der Waals surface area (Å²) < 4.78 is 17.2. The van der Waals surface area contributed by atoms with Crippen LogP contribution in [0.15, 0.2) is 64.8 Å². The molecule has 9 nitrogen and oxygen atoms in total. The van der Waals surface area contributed by atoms with Gasteiger partial charge in [0, 0.05) is 11.8 Å². The molecule has 1 aliphatic heterocycles. The van der Waals surface area contributed by atoms with Crippen LogP contribution in [0.4, 0.5) is 4.39 Å². The molecule has 0 spiro atoms. The second kappa shape index (κ2) is 10.1. The number of aliphatic hydroxyl groups is 1. The van der Waals surface area contributed by atoms with Crippen molar-refractivity contribution in [3.63, 3.8) is 0 Å². The van der Waals surface area contributed by atoms with E-state index in [1.54, 1.807) is 25.3 Å². The van der Waals surface area contributed by atoms with Gasteiger partial charge in [0.25, 0.3) is 0 Å². The molecule has 1 amide bonds. The van der Waals surface area contributed by atoms with Crippen LogP contribution in [0.5, 0.6) is 0 Å². The van der Waals surface area contributed by atoms with Crippen LogP contribution < -0.4 is 11.1 Å². The molecule has 0 radical (unpaired) electrons. The minimum atomic E-state index is -1.47. The average molecular weight is 564 g/mol. The Balaban J connectivity index is 1.83. The summed E-state index contributed by atoms with van der Waals surface area (Å²) in [4.78, 5) is 49.9. The van der Waals surface area contributed by atoms with E-state index in [-0.39, 0.29) is 58.9 Å². The quantitative estimate of drug-likeness (QED) is 0.283. The molecule has 206 valence electrons. The number of hydrogen-bond acceptors (Lipinski definition) is 6. The third-order valence-electron chi connectivity index (χ3n) is 7.03. The summed E-state index contributed by atoms with van der Waals surface area (Å²) in [5, 5.41) is 11.2. The van der Waals surface area contributed by atoms with E-state index < -0.39 is 22.5 Å². The lowest BCUT2D eigenvalue weighted by Gasteiger charge is -2.46. The number of amides is 1. The molecule has 0 saturated carbocycles. The predicted octanol–water partition coefficient (Wildman–Crippen LogP) is 3.59. The lowest BCUT2D eigenvalue weighted by Crippen LogP contribution is -2.66. The zero-order valence-corrected chi connectivity index (χ0v) is 22.9.